The molecule has 0 fully saturated rings. The molecule has 3 aromatic rings. The second kappa shape index (κ2) is 11.5. The highest BCUT2D eigenvalue weighted by atomic mass is 16.5. The molecule has 1 aliphatic heterocycles. The van der Waals surface area contributed by atoms with Crippen molar-refractivity contribution in [1.29, 1.82) is 0 Å². The van der Waals surface area contributed by atoms with Crippen LogP contribution >= 0.6 is 0 Å². The van der Waals surface area contributed by atoms with Gasteiger partial charge in [0.25, 0.3) is 5.91 Å². The third-order valence-electron chi connectivity index (χ3n) is 6.47. The fraction of sp³-hybridized carbons (Fsp3) is 0.258. The second-order valence-corrected chi connectivity index (χ2v) is 9.89. The molecular formula is C31H33N3O5. The highest BCUT2D eigenvalue weighted by Gasteiger charge is 2.29. The van der Waals surface area contributed by atoms with Crippen LogP contribution < -0.4 is 16.4 Å². The minimum absolute atomic E-state index is 0.256. The number of hydrogen-bond donors (Lipinski definition) is 3. The number of benzene rings is 3. The van der Waals surface area contributed by atoms with Crippen molar-refractivity contribution in [2.24, 2.45) is 5.73 Å². The minimum Gasteiger partial charge on any atom is -0.466 e. The Morgan fingerprint density at radius 2 is 1.74 bits per heavy atom. The van der Waals surface area contributed by atoms with Crippen LogP contribution in [0.15, 0.2) is 66.7 Å². The Bertz CT molecular complexity index is 1440. The number of nitrogens with one attached hydrogen (secondary N) is 2. The van der Waals surface area contributed by atoms with Gasteiger partial charge in [-0.1, -0.05) is 36.4 Å². The van der Waals surface area contributed by atoms with Gasteiger partial charge >= 0.3 is 11.9 Å². The van der Waals surface area contributed by atoms with Crippen molar-refractivity contribution < 1.29 is 23.9 Å². The van der Waals surface area contributed by atoms with Crippen LogP contribution in [0, 0.1) is 0 Å². The number of hydrogen-bond acceptors (Lipinski definition) is 7. The smallest absolute Gasteiger partial charge is 0.337 e. The molecule has 0 saturated carbocycles. The summed E-state index contributed by atoms with van der Waals surface area (Å²) in [5, 5.41) is 6.32. The summed E-state index contributed by atoms with van der Waals surface area (Å²) in [6.45, 7) is 5.99. The average molecular weight is 528 g/mol. The number of carbonyl (C=O) groups excluding carboxylic acids is 3. The van der Waals surface area contributed by atoms with Crippen molar-refractivity contribution in [2.75, 3.05) is 24.4 Å². The molecule has 0 aromatic heterocycles. The van der Waals surface area contributed by atoms with Crippen LogP contribution in [0.25, 0.3) is 11.3 Å². The number of carbonyl (C=O) groups is 3. The molecule has 202 valence electrons. The normalized spacial score (nSPS) is 13.8. The average Bonchev–Trinajstić information content (AvgIpc) is 3.24. The lowest BCUT2D eigenvalue weighted by molar-refractivity contribution is -0.143. The third kappa shape index (κ3) is 6.35. The van der Waals surface area contributed by atoms with Gasteiger partial charge in [-0.05, 0) is 74.2 Å². The van der Waals surface area contributed by atoms with E-state index in [1.807, 2.05) is 62.4 Å². The summed E-state index contributed by atoms with van der Waals surface area (Å²) >= 11 is 0. The van der Waals surface area contributed by atoms with E-state index in [1.165, 1.54) is 7.11 Å². The fourth-order valence-electron chi connectivity index (χ4n) is 4.43. The van der Waals surface area contributed by atoms with E-state index in [0.717, 1.165) is 22.4 Å². The van der Waals surface area contributed by atoms with Gasteiger partial charge in [0.05, 0.1) is 36.2 Å². The SMILES string of the molecule is CCOC(=O)CCc1cccc(/C(Nc2ccc(C(C)(C)N)cc2)=C2/C(=O)Nc3cc(C(=O)OC)ccc32)c1. The highest BCUT2D eigenvalue weighted by Crippen LogP contribution is 2.38. The monoisotopic (exact) mass is 527 g/mol. The van der Waals surface area contributed by atoms with Gasteiger partial charge in [0, 0.05) is 23.2 Å². The summed E-state index contributed by atoms with van der Waals surface area (Å²) in [5.41, 5.74) is 11.8. The van der Waals surface area contributed by atoms with Gasteiger partial charge in [-0.2, -0.15) is 0 Å². The number of fused-ring (bicyclic) bond motifs is 1. The summed E-state index contributed by atoms with van der Waals surface area (Å²) < 4.78 is 9.90. The van der Waals surface area contributed by atoms with Crippen molar-refractivity contribution in [3.05, 3.63) is 94.5 Å². The van der Waals surface area contributed by atoms with E-state index in [9.17, 15) is 14.4 Å². The summed E-state index contributed by atoms with van der Waals surface area (Å²) in [6, 6.07) is 20.4. The maximum Gasteiger partial charge on any atom is 0.337 e. The molecule has 0 unspecified atom stereocenters. The number of anilines is 2. The summed E-state index contributed by atoms with van der Waals surface area (Å²) in [7, 11) is 1.31. The van der Waals surface area contributed by atoms with E-state index in [1.54, 1.807) is 25.1 Å². The van der Waals surface area contributed by atoms with Crippen molar-refractivity contribution in [1.82, 2.24) is 0 Å². The first-order valence-electron chi connectivity index (χ1n) is 12.8. The molecule has 3 aromatic carbocycles. The number of nitrogens with two attached hydrogens (primary N) is 1. The first-order valence-corrected chi connectivity index (χ1v) is 12.8. The van der Waals surface area contributed by atoms with Crippen LogP contribution in [0.4, 0.5) is 11.4 Å². The summed E-state index contributed by atoms with van der Waals surface area (Å²) in [6.07, 6.45) is 0.757. The topological polar surface area (TPSA) is 120 Å². The van der Waals surface area contributed by atoms with Crippen LogP contribution in [0.3, 0.4) is 0 Å². The van der Waals surface area contributed by atoms with Crippen molar-refractivity contribution in [3.63, 3.8) is 0 Å². The molecule has 0 spiro atoms. The molecule has 0 bridgehead atoms. The zero-order chi connectivity index (χ0) is 28.2. The second-order valence-electron chi connectivity index (χ2n) is 9.89. The molecule has 0 aliphatic carbocycles. The van der Waals surface area contributed by atoms with Gasteiger partial charge in [0.2, 0.25) is 0 Å². The lowest BCUT2D eigenvalue weighted by atomic mass is 9.95. The predicted octanol–water partition coefficient (Wildman–Crippen LogP) is 5.10. The molecule has 0 saturated heterocycles. The molecule has 0 atom stereocenters. The number of methoxy groups -OCH3 is 1. The molecule has 8 heteroatoms. The van der Waals surface area contributed by atoms with E-state index in [4.69, 9.17) is 15.2 Å². The van der Waals surface area contributed by atoms with Gasteiger partial charge in [-0.15, -0.1) is 0 Å². The first-order chi connectivity index (χ1) is 18.6. The largest absolute Gasteiger partial charge is 0.466 e. The minimum atomic E-state index is -0.491. The molecule has 1 heterocycles. The fourth-order valence-corrected chi connectivity index (χ4v) is 4.43. The van der Waals surface area contributed by atoms with Crippen LogP contribution in [-0.4, -0.2) is 31.6 Å². The van der Waals surface area contributed by atoms with Crippen molar-refractivity contribution in [2.45, 2.75) is 39.2 Å². The number of aryl methyl sites for hydroxylation is 1. The van der Waals surface area contributed by atoms with Crippen LogP contribution in [-0.2, 0) is 31.0 Å². The number of esters is 2. The number of ether oxygens (including phenoxy) is 2. The third-order valence-corrected chi connectivity index (χ3v) is 6.47. The molecule has 1 amide bonds. The Labute approximate surface area is 228 Å². The maximum atomic E-state index is 13.3. The van der Waals surface area contributed by atoms with Crippen LogP contribution in [0.1, 0.15) is 59.8 Å². The van der Waals surface area contributed by atoms with E-state index in [-0.39, 0.29) is 18.3 Å². The van der Waals surface area contributed by atoms with Crippen molar-refractivity contribution >= 4 is 40.5 Å². The molecule has 0 radical (unpaired) electrons. The number of amides is 1. The lowest BCUT2D eigenvalue weighted by Gasteiger charge is -2.20. The van der Waals surface area contributed by atoms with E-state index in [2.05, 4.69) is 10.6 Å². The van der Waals surface area contributed by atoms with Gasteiger partial charge in [-0.25, -0.2) is 4.79 Å². The molecule has 4 N–H and O–H groups in total. The zero-order valence-electron chi connectivity index (χ0n) is 22.6. The van der Waals surface area contributed by atoms with Crippen LogP contribution in [0.2, 0.25) is 0 Å². The lowest BCUT2D eigenvalue weighted by Crippen LogP contribution is -2.28. The Morgan fingerprint density at radius 1 is 1.00 bits per heavy atom. The summed E-state index contributed by atoms with van der Waals surface area (Å²) in [4.78, 5) is 37.3. The maximum absolute atomic E-state index is 13.3. The van der Waals surface area contributed by atoms with Crippen molar-refractivity contribution in [3.8, 4) is 0 Å². The Balaban J connectivity index is 1.79. The van der Waals surface area contributed by atoms with E-state index < -0.39 is 11.5 Å². The van der Waals surface area contributed by atoms with Crippen LogP contribution in [0.5, 0.6) is 0 Å². The Morgan fingerprint density at radius 3 is 2.41 bits per heavy atom. The van der Waals surface area contributed by atoms with E-state index >= 15 is 0 Å². The van der Waals surface area contributed by atoms with Gasteiger partial charge in [0.15, 0.2) is 0 Å². The molecule has 4 rings (SSSR count). The standard InChI is InChI=1S/C31H33N3O5/c1-5-39-26(35)16-9-19-7-6-8-20(17-19)28(33-23-13-11-22(12-14-23)31(2,3)32)27-24-15-10-21(30(37)38-4)18-25(24)34-29(27)36/h6-8,10-15,17-18,33H,5,9,16,32H2,1-4H3,(H,34,36)/b28-27-. The number of rotatable bonds is 9. The highest BCUT2D eigenvalue weighted by molar-refractivity contribution is 6.37. The quantitative estimate of drug-likeness (QED) is 0.262. The van der Waals surface area contributed by atoms with Gasteiger partial charge in [0.1, 0.15) is 0 Å². The molecular weight excluding hydrogens is 494 g/mol. The van der Waals surface area contributed by atoms with Gasteiger partial charge < -0.3 is 25.8 Å². The summed E-state index contributed by atoms with van der Waals surface area (Å²) in [5.74, 6) is -1.04. The zero-order valence-corrected chi connectivity index (χ0v) is 22.6. The molecule has 8 nitrogen and oxygen atoms in total. The Kier molecular flexibility index (Phi) is 8.16. The molecule has 39 heavy (non-hydrogen) atoms. The van der Waals surface area contributed by atoms with Gasteiger partial charge in [-0.3, -0.25) is 9.59 Å². The first kappa shape index (κ1) is 27.6. The van der Waals surface area contributed by atoms with E-state index in [0.29, 0.717) is 41.1 Å². The predicted molar refractivity (Wildman–Crippen MR) is 152 cm³/mol. The Hall–Kier alpha value is -4.43. The molecule has 1 aliphatic rings.